The van der Waals surface area contributed by atoms with E-state index in [4.69, 9.17) is 0 Å². The van der Waals surface area contributed by atoms with Gasteiger partial charge in [0.2, 0.25) is 5.91 Å². The molecule has 0 spiro atoms. The van der Waals surface area contributed by atoms with E-state index in [9.17, 15) is 14.3 Å². The van der Waals surface area contributed by atoms with Gasteiger partial charge in [0, 0.05) is 17.9 Å². The molecular weight excluding hydrogens is 269 g/mol. The Hall–Kier alpha value is -1.21. The second-order valence-corrected chi connectivity index (χ2v) is 5.55. The minimum Gasteiger partial charge on any atom is -0.388 e. The Morgan fingerprint density at radius 2 is 2.11 bits per heavy atom. The highest BCUT2D eigenvalue weighted by Crippen LogP contribution is 2.18. The van der Waals surface area contributed by atoms with Gasteiger partial charge in [0.25, 0.3) is 0 Å². The first-order valence-corrected chi connectivity index (χ1v) is 6.99. The highest BCUT2D eigenvalue weighted by atomic mass is 32.2. The molecule has 0 saturated carbocycles. The number of hydrogen-bond acceptors (Lipinski definition) is 5. The fourth-order valence-electron chi connectivity index (χ4n) is 1.93. The summed E-state index contributed by atoms with van der Waals surface area (Å²) < 4.78 is 13.1. The molecule has 1 N–H and O–H groups in total. The van der Waals surface area contributed by atoms with E-state index in [0.717, 1.165) is 11.4 Å². The molecule has 0 aliphatic carbocycles. The molecular formula is C12H16FN3O2S. The normalized spacial score (nSPS) is 22.8. The summed E-state index contributed by atoms with van der Waals surface area (Å²) in [6.07, 6.45) is -2.40. The molecule has 104 valence electrons. The van der Waals surface area contributed by atoms with Gasteiger partial charge in [-0.15, -0.1) is 0 Å². The molecule has 7 heteroatoms. The van der Waals surface area contributed by atoms with Crippen molar-refractivity contribution >= 4 is 17.7 Å². The second kappa shape index (κ2) is 5.83. The summed E-state index contributed by atoms with van der Waals surface area (Å²) in [7, 11) is 0. The molecule has 2 rings (SSSR count). The number of alkyl halides is 1. The first kappa shape index (κ1) is 14.2. The number of nitrogens with zero attached hydrogens (tertiary/aromatic N) is 3. The van der Waals surface area contributed by atoms with Gasteiger partial charge in [-0.1, -0.05) is 11.8 Å². The number of thioether (sulfide) groups is 1. The van der Waals surface area contributed by atoms with Crippen molar-refractivity contribution in [2.24, 2.45) is 0 Å². The van der Waals surface area contributed by atoms with Crippen LogP contribution in [0.5, 0.6) is 0 Å². The third-order valence-electron chi connectivity index (χ3n) is 2.86. The van der Waals surface area contributed by atoms with Crippen molar-refractivity contribution in [2.45, 2.75) is 31.3 Å². The summed E-state index contributed by atoms with van der Waals surface area (Å²) in [6.45, 7) is 3.76. The lowest BCUT2D eigenvalue weighted by molar-refractivity contribution is -0.127. The summed E-state index contributed by atoms with van der Waals surface area (Å²) in [5.41, 5.74) is 1.70. The molecule has 19 heavy (non-hydrogen) atoms. The van der Waals surface area contributed by atoms with E-state index in [1.54, 1.807) is 0 Å². The van der Waals surface area contributed by atoms with Crippen LogP contribution in [0.1, 0.15) is 11.4 Å². The average Bonchev–Trinajstić information content (AvgIpc) is 2.65. The number of carbonyl (C=O) groups excluding carboxylic acids is 1. The summed E-state index contributed by atoms with van der Waals surface area (Å²) >= 11 is 1.23. The monoisotopic (exact) mass is 285 g/mol. The number of rotatable bonds is 3. The molecule has 1 aliphatic heterocycles. The summed E-state index contributed by atoms with van der Waals surface area (Å²) in [6, 6.07) is 1.86. The van der Waals surface area contributed by atoms with E-state index < -0.39 is 12.3 Å². The molecule has 5 nitrogen and oxygen atoms in total. The Balaban J connectivity index is 1.90. The smallest absolute Gasteiger partial charge is 0.233 e. The molecule has 2 heterocycles. The average molecular weight is 285 g/mol. The van der Waals surface area contributed by atoms with Crippen LogP contribution in [0.15, 0.2) is 11.2 Å². The highest BCUT2D eigenvalue weighted by Gasteiger charge is 2.33. The van der Waals surface area contributed by atoms with Crippen LogP contribution < -0.4 is 0 Å². The zero-order valence-electron chi connectivity index (χ0n) is 10.8. The molecule has 1 saturated heterocycles. The van der Waals surface area contributed by atoms with E-state index >= 15 is 0 Å². The molecule has 0 aromatic carbocycles. The van der Waals surface area contributed by atoms with Crippen molar-refractivity contribution < 1.29 is 14.3 Å². The zero-order chi connectivity index (χ0) is 14.0. The number of aliphatic hydroxyl groups excluding tert-OH is 1. The van der Waals surface area contributed by atoms with Gasteiger partial charge in [0.15, 0.2) is 5.16 Å². The van der Waals surface area contributed by atoms with Gasteiger partial charge < -0.3 is 10.0 Å². The topological polar surface area (TPSA) is 66.3 Å². The van der Waals surface area contributed by atoms with Crippen LogP contribution in [-0.4, -0.2) is 57.0 Å². The standard InChI is InChI=1S/C12H16FN3O2S/c1-7-3-8(2)15-12(14-7)19-6-11(18)16-4-9(13)10(17)5-16/h3,9-10,17H,4-6H2,1-2H3/t9-,10-/m1/s1. The molecule has 0 radical (unpaired) electrons. The van der Waals surface area contributed by atoms with Gasteiger partial charge in [-0.05, 0) is 19.9 Å². The van der Waals surface area contributed by atoms with E-state index in [0.29, 0.717) is 5.16 Å². The number of β-amino-alcohol motifs (C(OH)–C–C–N with tert-alkyl or cyclic N) is 1. The summed E-state index contributed by atoms with van der Waals surface area (Å²) in [5, 5.41) is 9.82. The third-order valence-corrected chi connectivity index (χ3v) is 3.69. The Morgan fingerprint density at radius 1 is 1.47 bits per heavy atom. The van der Waals surface area contributed by atoms with Crippen LogP contribution in [0.25, 0.3) is 0 Å². The van der Waals surface area contributed by atoms with Crippen molar-refractivity contribution in [3.05, 3.63) is 17.5 Å². The predicted octanol–water partition coefficient (Wildman–Crippen LogP) is 0.727. The molecule has 1 fully saturated rings. The number of carbonyl (C=O) groups is 1. The van der Waals surface area contributed by atoms with Crippen LogP contribution in [0.4, 0.5) is 4.39 Å². The van der Waals surface area contributed by atoms with Crippen molar-refractivity contribution in [1.82, 2.24) is 14.9 Å². The first-order valence-electron chi connectivity index (χ1n) is 6.00. The molecule has 1 aromatic rings. The molecule has 0 unspecified atom stereocenters. The number of hydrogen-bond donors (Lipinski definition) is 1. The SMILES string of the molecule is Cc1cc(C)nc(SCC(=O)N2C[C@@H](O)[C@H](F)C2)n1. The van der Waals surface area contributed by atoms with Crippen LogP contribution in [-0.2, 0) is 4.79 Å². The number of amides is 1. The lowest BCUT2D eigenvalue weighted by Crippen LogP contribution is -2.31. The molecule has 2 atom stereocenters. The van der Waals surface area contributed by atoms with Gasteiger partial charge in [0.05, 0.1) is 12.3 Å². The van der Waals surface area contributed by atoms with Crippen LogP contribution >= 0.6 is 11.8 Å². The number of aliphatic hydroxyl groups is 1. The van der Waals surface area contributed by atoms with E-state index in [2.05, 4.69) is 9.97 Å². The van der Waals surface area contributed by atoms with Gasteiger partial charge in [-0.2, -0.15) is 0 Å². The zero-order valence-corrected chi connectivity index (χ0v) is 11.7. The van der Waals surface area contributed by atoms with Gasteiger partial charge in [-0.3, -0.25) is 4.79 Å². The number of likely N-dealkylation sites (tertiary alicyclic amines) is 1. The van der Waals surface area contributed by atoms with Crippen molar-refractivity contribution in [1.29, 1.82) is 0 Å². The largest absolute Gasteiger partial charge is 0.388 e. The minimum atomic E-state index is -1.34. The van der Waals surface area contributed by atoms with E-state index in [-0.39, 0.29) is 24.7 Å². The van der Waals surface area contributed by atoms with Crippen LogP contribution in [0, 0.1) is 13.8 Å². The lowest BCUT2D eigenvalue weighted by Gasteiger charge is -2.14. The lowest BCUT2D eigenvalue weighted by atomic mass is 10.3. The first-order chi connectivity index (χ1) is 8.95. The quantitative estimate of drug-likeness (QED) is 0.655. The maximum Gasteiger partial charge on any atom is 0.233 e. The molecule has 0 bridgehead atoms. The summed E-state index contributed by atoms with van der Waals surface area (Å²) in [5.74, 6) is -0.0468. The molecule has 1 aliphatic rings. The second-order valence-electron chi connectivity index (χ2n) is 4.60. The maximum absolute atomic E-state index is 13.1. The third kappa shape index (κ3) is 3.63. The number of aromatic nitrogens is 2. The highest BCUT2D eigenvalue weighted by molar-refractivity contribution is 7.99. The van der Waals surface area contributed by atoms with E-state index in [1.165, 1.54) is 16.7 Å². The van der Waals surface area contributed by atoms with Gasteiger partial charge >= 0.3 is 0 Å². The van der Waals surface area contributed by atoms with Crippen molar-refractivity contribution in [2.75, 3.05) is 18.8 Å². The predicted molar refractivity (Wildman–Crippen MR) is 69.7 cm³/mol. The minimum absolute atomic E-state index is 0.0335. The number of halogens is 1. The van der Waals surface area contributed by atoms with E-state index in [1.807, 2.05) is 19.9 Å². The van der Waals surface area contributed by atoms with Gasteiger partial charge in [0.1, 0.15) is 12.3 Å². The Morgan fingerprint density at radius 3 is 2.63 bits per heavy atom. The Labute approximate surface area is 115 Å². The van der Waals surface area contributed by atoms with Crippen molar-refractivity contribution in [3.8, 4) is 0 Å². The van der Waals surface area contributed by atoms with Crippen LogP contribution in [0.2, 0.25) is 0 Å². The Kier molecular flexibility index (Phi) is 4.36. The van der Waals surface area contributed by atoms with Crippen LogP contribution in [0.3, 0.4) is 0 Å². The summed E-state index contributed by atoms with van der Waals surface area (Å²) in [4.78, 5) is 21.6. The van der Waals surface area contributed by atoms with Crippen molar-refractivity contribution in [3.63, 3.8) is 0 Å². The Bertz CT molecular complexity index is 456. The fourth-order valence-corrected chi connectivity index (χ4v) is 2.78. The number of aryl methyl sites for hydroxylation is 2. The molecule has 1 aromatic heterocycles. The molecule has 1 amide bonds. The fraction of sp³-hybridized carbons (Fsp3) is 0.583. The maximum atomic E-state index is 13.1. The van der Waals surface area contributed by atoms with Gasteiger partial charge in [-0.25, -0.2) is 14.4 Å².